The van der Waals surface area contributed by atoms with Crippen LogP contribution in [0.1, 0.15) is 59.1 Å². The quantitative estimate of drug-likeness (QED) is 0.281. The van der Waals surface area contributed by atoms with Crippen molar-refractivity contribution >= 4 is 16.9 Å². The fourth-order valence-electron chi connectivity index (χ4n) is 4.39. The summed E-state index contributed by atoms with van der Waals surface area (Å²) in [5.41, 5.74) is 6.31. The molecule has 0 radical (unpaired) electrons. The maximum atomic E-state index is 12.5. The summed E-state index contributed by atoms with van der Waals surface area (Å²) in [6, 6.07) is 22.3. The average Bonchev–Trinajstić information content (AvgIpc) is 3.19. The largest absolute Gasteiger partial charge is 0.493 e. The molecule has 0 aliphatic carbocycles. The van der Waals surface area contributed by atoms with E-state index in [2.05, 4.69) is 54.9 Å². The van der Waals surface area contributed by atoms with E-state index in [1.165, 1.54) is 11.1 Å². The Bertz CT molecular complexity index is 1310. The van der Waals surface area contributed by atoms with Gasteiger partial charge < -0.3 is 14.6 Å². The monoisotopic (exact) mass is 469 g/mol. The van der Waals surface area contributed by atoms with Crippen molar-refractivity contribution in [1.29, 1.82) is 0 Å². The molecule has 5 heteroatoms. The Labute approximate surface area is 208 Å². The zero-order valence-electron chi connectivity index (χ0n) is 21.2. The molecular weight excluding hydrogens is 434 g/mol. The Morgan fingerprint density at radius 2 is 1.80 bits per heavy atom. The lowest BCUT2D eigenvalue weighted by Gasteiger charge is -2.15. The highest BCUT2D eigenvalue weighted by Gasteiger charge is 2.12. The number of carbonyl (C=O) groups excluding carboxylic acids is 1. The lowest BCUT2D eigenvalue weighted by molar-refractivity contribution is 0.0954. The first-order valence-electron chi connectivity index (χ1n) is 12.4. The molecule has 0 unspecified atom stereocenters. The first-order valence-corrected chi connectivity index (χ1v) is 12.4. The Morgan fingerprint density at radius 3 is 2.60 bits per heavy atom. The van der Waals surface area contributed by atoms with Gasteiger partial charge in [-0.25, -0.2) is 4.98 Å². The fourth-order valence-corrected chi connectivity index (χ4v) is 4.39. The standard InChI is InChI=1S/C30H35N3O2/c1-21(2)25-14-13-23(4)20-28(25)35-18-8-17-33-27-12-6-5-11-26(27)32-29(33)15-16-31-30(34)24-10-7-9-22(3)19-24/h5-7,9-14,19-21H,8,15-18H2,1-4H3,(H,31,34). The lowest BCUT2D eigenvalue weighted by Crippen LogP contribution is -2.26. The Morgan fingerprint density at radius 1 is 1.00 bits per heavy atom. The minimum atomic E-state index is -0.0520. The summed E-state index contributed by atoms with van der Waals surface area (Å²) in [6.07, 6.45) is 1.54. The summed E-state index contributed by atoms with van der Waals surface area (Å²) in [5.74, 6) is 2.33. The van der Waals surface area contributed by atoms with Crippen LogP contribution in [0.5, 0.6) is 5.75 Å². The Kier molecular flexibility index (Phi) is 7.86. The van der Waals surface area contributed by atoms with Gasteiger partial charge in [0.1, 0.15) is 11.6 Å². The van der Waals surface area contributed by atoms with Gasteiger partial charge in [0.15, 0.2) is 0 Å². The van der Waals surface area contributed by atoms with Crippen LogP contribution in [0.15, 0.2) is 66.7 Å². The van der Waals surface area contributed by atoms with Crippen molar-refractivity contribution in [3.63, 3.8) is 0 Å². The first kappa shape index (κ1) is 24.5. The number of aromatic nitrogens is 2. The van der Waals surface area contributed by atoms with E-state index in [-0.39, 0.29) is 5.91 Å². The molecule has 4 rings (SSSR count). The molecule has 182 valence electrons. The van der Waals surface area contributed by atoms with E-state index in [9.17, 15) is 4.79 Å². The fraction of sp³-hybridized carbons (Fsp3) is 0.333. The SMILES string of the molecule is Cc1cccc(C(=O)NCCc2nc3ccccc3n2CCCOc2cc(C)ccc2C(C)C)c1. The molecule has 0 aliphatic heterocycles. The predicted octanol–water partition coefficient (Wildman–Crippen LogP) is 6.22. The molecule has 1 amide bonds. The Hall–Kier alpha value is -3.60. The van der Waals surface area contributed by atoms with Gasteiger partial charge in [-0.3, -0.25) is 4.79 Å². The maximum Gasteiger partial charge on any atom is 0.251 e. The molecule has 0 bridgehead atoms. The number of benzene rings is 3. The second-order valence-corrected chi connectivity index (χ2v) is 9.44. The molecular formula is C30H35N3O2. The number of para-hydroxylation sites is 2. The molecule has 0 fully saturated rings. The van der Waals surface area contributed by atoms with Gasteiger partial charge in [0.05, 0.1) is 17.6 Å². The summed E-state index contributed by atoms with van der Waals surface area (Å²) >= 11 is 0. The molecule has 0 saturated heterocycles. The number of ether oxygens (including phenoxy) is 1. The molecule has 1 aromatic heterocycles. The Balaban J connectivity index is 1.40. The van der Waals surface area contributed by atoms with Gasteiger partial charge in [0.2, 0.25) is 0 Å². The van der Waals surface area contributed by atoms with Gasteiger partial charge in [0, 0.05) is 25.1 Å². The number of amides is 1. The number of fused-ring (bicyclic) bond motifs is 1. The first-order chi connectivity index (χ1) is 16.9. The van der Waals surface area contributed by atoms with Crippen LogP contribution in [0, 0.1) is 13.8 Å². The minimum Gasteiger partial charge on any atom is -0.493 e. The van der Waals surface area contributed by atoms with Crippen LogP contribution in [0.25, 0.3) is 11.0 Å². The van der Waals surface area contributed by atoms with E-state index in [4.69, 9.17) is 9.72 Å². The zero-order chi connectivity index (χ0) is 24.8. The molecule has 0 aliphatic rings. The van der Waals surface area contributed by atoms with Crippen molar-refractivity contribution in [3.05, 3.63) is 94.8 Å². The highest BCUT2D eigenvalue weighted by Crippen LogP contribution is 2.27. The number of hydrogen-bond acceptors (Lipinski definition) is 3. The summed E-state index contributed by atoms with van der Waals surface area (Å²) in [5, 5.41) is 3.04. The van der Waals surface area contributed by atoms with Gasteiger partial charge in [-0.1, -0.05) is 55.8 Å². The molecule has 4 aromatic rings. The molecule has 5 nitrogen and oxygen atoms in total. The van der Waals surface area contributed by atoms with Crippen LogP contribution in [0.3, 0.4) is 0 Å². The molecule has 1 N–H and O–H groups in total. The second kappa shape index (κ2) is 11.2. The third-order valence-electron chi connectivity index (χ3n) is 6.22. The summed E-state index contributed by atoms with van der Waals surface area (Å²) in [4.78, 5) is 17.4. The van der Waals surface area contributed by atoms with Gasteiger partial charge in [-0.15, -0.1) is 0 Å². The van der Waals surface area contributed by atoms with E-state index < -0.39 is 0 Å². The van der Waals surface area contributed by atoms with E-state index in [0.717, 1.165) is 41.1 Å². The van der Waals surface area contributed by atoms with Crippen LogP contribution < -0.4 is 10.1 Å². The summed E-state index contributed by atoms with van der Waals surface area (Å²) in [7, 11) is 0. The predicted molar refractivity (Wildman–Crippen MR) is 142 cm³/mol. The van der Waals surface area contributed by atoms with Crippen molar-refractivity contribution in [3.8, 4) is 5.75 Å². The van der Waals surface area contributed by atoms with Gasteiger partial charge in [-0.2, -0.15) is 0 Å². The number of carbonyl (C=O) groups is 1. The van der Waals surface area contributed by atoms with Crippen molar-refractivity contribution < 1.29 is 9.53 Å². The zero-order valence-corrected chi connectivity index (χ0v) is 21.2. The van der Waals surface area contributed by atoms with Gasteiger partial charge >= 0.3 is 0 Å². The van der Waals surface area contributed by atoms with Crippen LogP contribution in [0.2, 0.25) is 0 Å². The molecule has 0 atom stereocenters. The summed E-state index contributed by atoms with van der Waals surface area (Å²) < 4.78 is 8.47. The third-order valence-corrected chi connectivity index (χ3v) is 6.22. The molecule has 0 spiro atoms. The van der Waals surface area contributed by atoms with Crippen molar-refractivity contribution in [2.75, 3.05) is 13.2 Å². The highest BCUT2D eigenvalue weighted by atomic mass is 16.5. The van der Waals surface area contributed by atoms with Gasteiger partial charge in [-0.05, 0) is 67.6 Å². The number of nitrogens with zero attached hydrogens (tertiary/aromatic N) is 2. The van der Waals surface area contributed by atoms with E-state index in [0.29, 0.717) is 31.1 Å². The number of imidazole rings is 1. The van der Waals surface area contributed by atoms with E-state index in [1.807, 2.05) is 49.4 Å². The van der Waals surface area contributed by atoms with Gasteiger partial charge in [0.25, 0.3) is 5.91 Å². The highest BCUT2D eigenvalue weighted by molar-refractivity contribution is 5.94. The maximum absolute atomic E-state index is 12.5. The third kappa shape index (κ3) is 6.10. The van der Waals surface area contributed by atoms with Crippen molar-refractivity contribution in [1.82, 2.24) is 14.9 Å². The molecule has 3 aromatic carbocycles. The number of aryl methyl sites for hydroxylation is 3. The van der Waals surface area contributed by atoms with E-state index >= 15 is 0 Å². The van der Waals surface area contributed by atoms with Crippen LogP contribution in [-0.2, 0) is 13.0 Å². The van der Waals surface area contributed by atoms with Crippen LogP contribution in [-0.4, -0.2) is 28.6 Å². The van der Waals surface area contributed by atoms with Crippen molar-refractivity contribution in [2.45, 2.75) is 53.0 Å². The second-order valence-electron chi connectivity index (χ2n) is 9.44. The average molecular weight is 470 g/mol. The van der Waals surface area contributed by atoms with Crippen molar-refractivity contribution in [2.24, 2.45) is 0 Å². The van der Waals surface area contributed by atoms with Crippen LogP contribution >= 0.6 is 0 Å². The number of hydrogen-bond donors (Lipinski definition) is 1. The van der Waals surface area contributed by atoms with E-state index in [1.54, 1.807) is 0 Å². The van der Waals surface area contributed by atoms with Crippen LogP contribution in [0.4, 0.5) is 0 Å². The minimum absolute atomic E-state index is 0.0520. The molecule has 35 heavy (non-hydrogen) atoms. The summed E-state index contributed by atoms with van der Waals surface area (Å²) in [6.45, 7) is 10.5. The topological polar surface area (TPSA) is 56.2 Å². The lowest BCUT2D eigenvalue weighted by atomic mass is 10.0. The molecule has 1 heterocycles. The molecule has 0 saturated carbocycles. The normalized spacial score (nSPS) is 11.2. The number of nitrogens with one attached hydrogen (secondary N) is 1. The smallest absolute Gasteiger partial charge is 0.251 e. The number of rotatable bonds is 10.